The minimum Gasteiger partial charge on any atom is -0.497 e. The Morgan fingerprint density at radius 2 is 1.59 bits per heavy atom. The molecule has 0 aliphatic heterocycles. The van der Waals surface area contributed by atoms with Gasteiger partial charge < -0.3 is 14.2 Å². The molecule has 162 valence electrons. The van der Waals surface area contributed by atoms with Gasteiger partial charge in [0.15, 0.2) is 0 Å². The highest BCUT2D eigenvalue weighted by Gasteiger charge is 2.18. The molecule has 0 radical (unpaired) electrons. The molecule has 3 aromatic carbocycles. The molecule has 0 bridgehead atoms. The number of aromatic nitrogens is 1. The van der Waals surface area contributed by atoms with Crippen molar-refractivity contribution in [2.45, 2.75) is 26.6 Å². The lowest BCUT2D eigenvalue weighted by atomic mass is 10.1. The number of nitrogens with zero attached hydrogens (tertiary/aromatic N) is 2. The Balaban J connectivity index is 1.59. The van der Waals surface area contributed by atoms with Gasteiger partial charge in [-0.05, 0) is 54.4 Å². The number of carbonyl (C=O) groups excluding carboxylic acids is 1. The Morgan fingerprint density at radius 1 is 0.844 bits per heavy atom. The predicted octanol–water partition coefficient (Wildman–Crippen LogP) is 5.70. The Labute approximate surface area is 189 Å². The van der Waals surface area contributed by atoms with Crippen molar-refractivity contribution in [3.8, 4) is 5.75 Å². The monoisotopic (exact) mass is 424 g/mol. The molecule has 0 spiro atoms. The van der Waals surface area contributed by atoms with Crippen LogP contribution in [0, 0.1) is 6.92 Å². The number of aryl methyl sites for hydroxylation is 1. The van der Waals surface area contributed by atoms with E-state index in [1.54, 1.807) is 7.11 Å². The summed E-state index contributed by atoms with van der Waals surface area (Å²) in [5.41, 5.74) is 5.20. The van der Waals surface area contributed by atoms with Crippen molar-refractivity contribution >= 4 is 5.91 Å². The van der Waals surface area contributed by atoms with Crippen molar-refractivity contribution in [1.82, 2.24) is 9.47 Å². The van der Waals surface area contributed by atoms with E-state index in [-0.39, 0.29) is 5.91 Å². The zero-order chi connectivity index (χ0) is 22.3. The first-order chi connectivity index (χ1) is 15.6. The SMILES string of the molecule is COc1cccc(Cn2cccc2CN(Cc2ccccc2)C(=O)c2ccc(C)cc2)c1. The van der Waals surface area contributed by atoms with E-state index in [0.29, 0.717) is 18.7 Å². The summed E-state index contributed by atoms with van der Waals surface area (Å²) in [4.78, 5) is 15.4. The fourth-order valence-electron chi connectivity index (χ4n) is 3.79. The number of methoxy groups -OCH3 is 1. The summed E-state index contributed by atoms with van der Waals surface area (Å²) in [5.74, 6) is 0.874. The molecule has 0 atom stereocenters. The number of ether oxygens (including phenoxy) is 1. The van der Waals surface area contributed by atoms with E-state index in [2.05, 4.69) is 35.0 Å². The van der Waals surface area contributed by atoms with Gasteiger partial charge in [-0.2, -0.15) is 0 Å². The second-order valence-electron chi connectivity index (χ2n) is 7.99. The standard InChI is InChI=1S/C28H28N2O2/c1-22-13-15-25(16-14-22)28(31)30(19-23-8-4-3-5-9-23)21-26-11-7-17-29(26)20-24-10-6-12-27(18-24)32-2/h3-18H,19-21H2,1-2H3. The summed E-state index contributed by atoms with van der Waals surface area (Å²) in [6.07, 6.45) is 2.06. The summed E-state index contributed by atoms with van der Waals surface area (Å²) in [7, 11) is 1.68. The largest absolute Gasteiger partial charge is 0.497 e. The first-order valence-electron chi connectivity index (χ1n) is 10.8. The number of rotatable bonds is 8. The van der Waals surface area contributed by atoms with Gasteiger partial charge in [0, 0.05) is 30.5 Å². The lowest BCUT2D eigenvalue weighted by Gasteiger charge is -2.24. The van der Waals surface area contributed by atoms with Crippen molar-refractivity contribution in [3.05, 3.63) is 125 Å². The molecule has 0 N–H and O–H groups in total. The molecule has 32 heavy (non-hydrogen) atoms. The number of hydrogen-bond acceptors (Lipinski definition) is 2. The van der Waals surface area contributed by atoms with Gasteiger partial charge in [0.25, 0.3) is 5.91 Å². The average molecular weight is 425 g/mol. The first-order valence-corrected chi connectivity index (χ1v) is 10.8. The number of amides is 1. The Kier molecular flexibility index (Phi) is 6.71. The molecule has 4 aromatic rings. The molecular weight excluding hydrogens is 396 g/mol. The normalized spacial score (nSPS) is 10.7. The molecule has 0 fully saturated rings. The molecule has 4 rings (SSSR count). The third kappa shape index (κ3) is 5.27. The Bertz CT molecular complexity index is 1160. The van der Waals surface area contributed by atoms with E-state index in [0.717, 1.165) is 34.7 Å². The molecule has 0 unspecified atom stereocenters. The van der Waals surface area contributed by atoms with Crippen molar-refractivity contribution in [2.75, 3.05) is 7.11 Å². The highest BCUT2D eigenvalue weighted by molar-refractivity contribution is 5.94. The molecule has 1 amide bonds. The van der Waals surface area contributed by atoms with Crippen LogP contribution in [0.1, 0.15) is 32.7 Å². The zero-order valence-electron chi connectivity index (χ0n) is 18.6. The van der Waals surface area contributed by atoms with E-state index < -0.39 is 0 Å². The van der Waals surface area contributed by atoms with Crippen LogP contribution in [0.25, 0.3) is 0 Å². The van der Waals surface area contributed by atoms with Gasteiger partial charge in [-0.25, -0.2) is 0 Å². The van der Waals surface area contributed by atoms with Crippen LogP contribution in [0.15, 0.2) is 97.2 Å². The quantitative estimate of drug-likeness (QED) is 0.364. The number of carbonyl (C=O) groups is 1. The van der Waals surface area contributed by atoms with Crippen LogP contribution < -0.4 is 4.74 Å². The Morgan fingerprint density at radius 3 is 2.34 bits per heavy atom. The van der Waals surface area contributed by atoms with Crippen molar-refractivity contribution < 1.29 is 9.53 Å². The summed E-state index contributed by atoms with van der Waals surface area (Å²) >= 11 is 0. The Hall–Kier alpha value is -3.79. The average Bonchev–Trinajstić information content (AvgIpc) is 3.26. The summed E-state index contributed by atoms with van der Waals surface area (Å²) in [6.45, 7) is 3.83. The third-order valence-corrected chi connectivity index (χ3v) is 5.57. The zero-order valence-corrected chi connectivity index (χ0v) is 18.6. The molecule has 1 aromatic heterocycles. The predicted molar refractivity (Wildman–Crippen MR) is 128 cm³/mol. The van der Waals surface area contributed by atoms with Gasteiger partial charge in [0.1, 0.15) is 5.75 Å². The molecule has 0 saturated carbocycles. The van der Waals surface area contributed by atoms with Crippen LogP contribution in [0.3, 0.4) is 0 Å². The summed E-state index contributed by atoms with van der Waals surface area (Å²) < 4.78 is 7.55. The maximum absolute atomic E-state index is 13.4. The van der Waals surface area contributed by atoms with Gasteiger partial charge >= 0.3 is 0 Å². The van der Waals surface area contributed by atoms with E-state index in [9.17, 15) is 4.79 Å². The molecule has 0 aliphatic carbocycles. The van der Waals surface area contributed by atoms with Crippen LogP contribution in [0.5, 0.6) is 5.75 Å². The van der Waals surface area contributed by atoms with Crippen molar-refractivity contribution in [3.63, 3.8) is 0 Å². The highest BCUT2D eigenvalue weighted by atomic mass is 16.5. The molecule has 0 aliphatic rings. The fraction of sp³-hybridized carbons (Fsp3) is 0.179. The summed E-state index contributed by atoms with van der Waals surface area (Å²) in [5, 5.41) is 0. The topological polar surface area (TPSA) is 34.5 Å². The molecule has 1 heterocycles. The lowest BCUT2D eigenvalue weighted by Crippen LogP contribution is -2.31. The van der Waals surface area contributed by atoms with Crippen LogP contribution in [0.4, 0.5) is 0 Å². The van der Waals surface area contributed by atoms with Gasteiger partial charge in [-0.3, -0.25) is 4.79 Å². The van der Waals surface area contributed by atoms with Gasteiger partial charge in [-0.15, -0.1) is 0 Å². The van der Waals surface area contributed by atoms with E-state index in [4.69, 9.17) is 4.74 Å². The lowest BCUT2D eigenvalue weighted by molar-refractivity contribution is 0.0726. The van der Waals surface area contributed by atoms with Crippen LogP contribution >= 0.6 is 0 Å². The third-order valence-electron chi connectivity index (χ3n) is 5.57. The second kappa shape index (κ2) is 10.0. The summed E-state index contributed by atoms with van der Waals surface area (Å²) in [6, 6.07) is 30.1. The van der Waals surface area contributed by atoms with Crippen LogP contribution in [-0.4, -0.2) is 22.5 Å². The molecule has 0 saturated heterocycles. The molecular formula is C28H28N2O2. The number of benzene rings is 3. The molecule has 4 heteroatoms. The maximum atomic E-state index is 13.4. The number of hydrogen-bond donors (Lipinski definition) is 0. The van der Waals surface area contributed by atoms with E-state index in [1.165, 1.54) is 0 Å². The van der Waals surface area contributed by atoms with E-state index >= 15 is 0 Å². The first kappa shape index (κ1) is 21.4. The molecule has 4 nitrogen and oxygen atoms in total. The van der Waals surface area contributed by atoms with Crippen LogP contribution in [0.2, 0.25) is 0 Å². The second-order valence-corrected chi connectivity index (χ2v) is 7.99. The highest BCUT2D eigenvalue weighted by Crippen LogP contribution is 2.18. The van der Waals surface area contributed by atoms with Gasteiger partial charge in [0.2, 0.25) is 0 Å². The fourth-order valence-corrected chi connectivity index (χ4v) is 3.79. The van der Waals surface area contributed by atoms with Crippen molar-refractivity contribution in [1.29, 1.82) is 0 Å². The minimum absolute atomic E-state index is 0.0305. The van der Waals surface area contributed by atoms with Crippen LogP contribution in [-0.2, 0) is 19.6 Å². The van der Waals surface area contributed by atoms with E-state index in [1.807, 2.05) is 78.6 Å². The van der Waals surface area contributed by atoms with Crippen molar-refractivity contribution in [2.24, 2.45) is 0 Å². The maximum Gasteiger partial charge on any atom is 0.254 e. The smallest absolute Gasteiger partial charge is 0.254 e. The van der Waals surface area contributed by atoms with Gasteiger partial charge in [-0.1, -0.05) is 60.2 Å². The van der Waals surface area contributed by atoms with Gasteiger partial charge in [0.05, 0.1) is 13.7 Å². The minimum atomic E-state index is 0.0305.